The molecular formula is C17H21BrN2O. The largest absolute Gasteiger partial charge is 0.496 e. The van der Waals surface area contributed by atoms with Gasteiger partial charge in [0.25, 0.3) is 0 Å². The Morgan fingerprint density at radius 2 is 2.00 bits per heavy atom. The first-order chi connectivity index (χ1) is 10.2. The van der Waals surface area contributed by atoms with E-state index < -0.39 is 0 Å². The average Bonchev–Trinajstić information content (AvgIpc) is 2.50. The first-order valence-electron chi connectivity index (χ1n) is 7.18. The minimum atomic E-state index is 0.347. The first-order valence-corrected chi connectivity index (χ1v) is 7.98. The van der Waals surface area contributed by atoms with Crippen LogP contribution in [0.25, 0.3) is 0 Å². The highest BCUT2D eigenvalue weighted by Gasteiger charge is 2.13. The molecule has 0 aliphatic carbocycles. The minimum Gasteiger partial charge on any atom is -0.496 e. The van der Waals surface area contributed by atoms with Gasteiger partial charge in [0, 0.05) is 28.8 Å². The molecule has 0 spiro atoms. The van der Waals surface area contributed by atoms with E-state index in [9.17, 15) is 0 Å². The number of nitrogens with zero attached hydrogens (tertiary/aromatic N) is 1. The van der Waals surface area contributed by atoms with Crippen molar-refractivity contribution < 1.29 is 4.74 Å². The van der Waals surface area contributed by atoms with Crippen molar-refractivity contribution in [2.75, 3.05) is 13.7 Å². The lowest BCUT2D eigenvalue weighted by Gasteiger charge is -2.19. The van der Waals surface area contributed by atoms with E-state index in [-0.39, 0.29) is 0 Å². The Morgan fingerprint density at radius 3 is 2.67 bits per heavy atom. The molecule has 1 heterocycles. The molecule has 2 aromatic rings. The molecule has 0 saturated carbocycles. The fourth-order valence-corrected chi connectivity index (χ4v) is 2.66. The summed E-state index contributed by atoms with van der Waals surface area (Å²) in [4.78, 5) is 4.47. The molecule has 0 aliphatic rings. The fraction of sp³-hybridized carbons (Fsp3) is 0.353. The summed E-state index contributed by atoms with van der Waals surface area (Å²) in [6.45, 7) is 3.07. The third-order valence-electron chi connectivity index (χ3n) is 3.40. The van der Waals surface area contributed by atoms with Crippen molar-refractivity contribution in [3.05, 3.63) is 58.3 Å². The van der Waals surface area contributed by atoms with Gasteiger partial charge in [0.15, 0.2) is 0 Å². The van der Waals surface area contributed by atoms with E-state index in [4.69, 9.17) is 4.74 Å². The van der Waals surface area contributed by atoms with Gasteiger partial charge in [0.2, 0.25) is 0 Å². The smallest absolute Gasteiger partial charge is 0.122 e. The summed E-state index contributed by atoms with van der Waals surface area (Å²) in [7, 11) is 1.72. The highest BCUT2D eigenvalue weighted by Crippen LogP contribution is 2.20. The van der Waals surface area contributed by atoms with Crippen molar-refractivity contribution in [2.24, 2.45) is 0 Å². The Morgan fingerprint density at radius 1 is 1.19 bits per heavy atom. The van der Waals surface area contributed by atoms with Gasteiger partial charge >= 0.3 is 0 Å². The summed E-state index contributed by atoms with van der Waals surface area (Å²) >= 11 is 3.42. The molecule has 0 amide bonds. The van der Waals surface area contributed by atoms with Gasteiger partial charge in [-0.3, -0.25) is 4.98 Å². The molecule has 3 nitrogen and oxygen atoms in total. The van der Waals surface area contributed by atoms with Crippen LogP contribution in [-0.4, -0.2) is 24.7 Å². The SMILES string of the molecule is CCNC(Cc1ccc(Br)cn1)Cc1ccccc1OC. The highest BCUT2D eigenvalue weighted by molar-refractivity contribution is 9.10. The number of aromatic nitrogens is 1. The number of ether oxygens (including phenoxy) is 1. The summed E-state index contributed by atoms with van der Waals surface area (Å²) in [5.74, 6) is 0.948. The minimum absolute atomic E-state index is 0.347. The molecule has 0 saturated heterocycles. The van der Waals surface area contributed by atoms with Crippen molar-refractivity contribution >= 4 is 15.9 Å². The number of hydrogen-bond donors (Lipinski definition) is 1. The summed E-state index contributed by atoms with van der Waals surface area (Å²) < 4.78 is 6.45. The van der Waals surface area contributed by atoms with Gasteiger partial charge in [-0.05, 0) is 52.7 Å². The Kier molecular flexibility index (Phi) is 6.21. The second-order valence-electron chi connectivity index (χ2n) is 4.94. The number of nitrogens with one attached hydrogen (secondary N) is 1. The summed E-state index contributed by atoms with van der Waals surface area (Å²) in [6.07, 6.45) is 3.68. The van der Waals surface area contributed by atoms with Crippen LogP contribution in [0, 0.1) is 0 Å². The fourth-order valence-electron chi connectivity index (χ4n) is 2.42. The summed E-state index contributed by atoms with van der Waals surface area (Å²) in [5.41, 5.74) is 2.32. The van der Waals surface area contributed by atoms with Crippen LogP contribution in [0.1, 0.15) is 18.2 Å². The summed E-state index contributed by atoms with van der Waals surface area (Å²) in [6, 6.07) is 12.6. The van der Waals surface area contributed by atoms with Crippen molar-refractivity contribution in [1.29, 1.82) is 0 Å². The van der Waals surface area contributed by atoms with Gasteiger partial charge in [-0.15, -0.1) is 0 Å². The lowest BCUT2D eigenvalue weighted by Crippen LogP contribution is -2.33. The number of methoxy groups -OCH3 is 1. The standard InChI is InChI=1S/C17H21BrN2O/c1-3-19-16(11-15-9-8-14(18)12-20-15)10-13-6-4-5-7-17(13)21-2/h4-9,12,16,19H,3,10-11H2,1-2H3. The van der Waals surface area contributed by atoms with E-state index in [1.165, 1.54) is 5.56 Å². The van der Waals surface area contributed by atoms with Gasteiger partial charge in [-0.2, -0.15) is 0 Å². The molecule has 2 rings (SSSR count). The molecule has 4 heteroatoms. The molecule has 1 atom stereocenters. The van der Waals surface area contributed by atoms with Crippen molar-refractivity contribution in [2.45, 2.75) is 25.8 Å². The summed E-state index contributed by atoms with van der Waals surface area (Å²) in [5, 5.41) is 3.54. The van der Waals surface area contributed by atoms with Crippen LogP contribution in [0.4, 0.5) is 0 Å². The van der Waals surface area contributed by atoms with Crippen LogP contribution in [0.5, 0.6) is 5.75 Å². The maximum Gasteiger partial charge on any atom is 0.122 e. The maximum atomic E-state index is 5.44. The average molecular weight is 349 g/mol. The molecule has 0 fully saturated rings. The first kappa shape index (κ1) is 16.0. The Hall–Kier alpha value is -1.39. The third kappa shape index (κ3) is 4.83. The highest BCUT2D eigenvalue weighted by atomic mass is 79.9. The van der Waals surface area contributed by atoms with Gasteiger partial charge in [0.1, 0.15) is 5.75 Å². The molecule has 1 aromatic heterocycles. The molecule has 1 N–H and O–H groups in total. The van der Waals surface area contributed by atoms with Crippen LogP contribution >= 0.6 is 15.9 Å². The van der Waals surface area contributed by atoms with Gasteiger partial charge in [-0.1, -0.05) is 25.1 Å². The molecule has 1 unspecified atom stereocenters. The Balaban J connectivity index is 2.09. The van der Waals surface area contributed by atoms with E-state index in [1.807, 2.05) is 24.4 Å². The monoisotopic (exact) mass is 348 g/mol. The molecule has 0 bridgehead atoms. The number of benzene rings is 1. The Labute approximate surface area is 134 Å². The number of likely N-dealkylation sites (N-methyl/N-ethyl adjacent to an activating group) is 1. The number of halogens is 1. The van der Waals surface area contributed by atoms with Gasteiger partial charge in [0.05, 0.1) is 7.11 Å². The maximum absolute atomic E-state index is 5.44. The Bertz CT molecular complexity index is 557. The quantitative estimate of drug-likeness (QED) is 0.829. The van der Waals surface area contributed by atoms with Crippen molar-refractivity contribution in [1.82, 2.24) is 10.3 Å². The van der Waals surface area contributed by atoms with E-state index in [1.54, 1.807) is 7.11 Å². The van der Waals surface area contributed by atoms with E-state index in [2.05, 4.69) is 51.4 Å². The van der Waals surface area contributed by atoms with E-state index >= 15 is 0 Å². The number of hydrogen-bond acceptors (Lipinski definition) is 3. The van der Waals surface area contributed by atoms with E-state index in [0.29, 0.717) is 6.04 Å². The number of para-hydroxylation sites is 1. The van der Waals surface area contributed by atoms with Crippen LogP contribution in [0.2, 0.25) is 0 Å². The van der Waals surface area contributed by atoms with Gasteiger partial charge in [-0.25, -0.2) is 0 Å². The van der Waals surface area contributed by atoms with Crippen molar-refractivity contribution in [3.63, 3.8) is 0 Å². The predicted molar refractivity (Wildman–Crippen MR) is 89.8 cm³/mol. The van der Waals surface area contributed by atoms with Crippen LogP contribution < -0.4 is 10.1 Å². The second kappa shape index (κ2) is 8.15. The molecular weight excluding hydrogens is 328 g/mol. The predicted octanol–water partition coefficient (Wildman–Crippen LogP) is 3.62. The third-order valence-corrected chi connectivity index (χ3v) is 3.86. The number of pyridine rings is 1. The molecule has 0 aliphatic heterocycles. The molecule has 112 valence electrons. The van der Waals surface area contributed by atoms with Gasteiger partial charge < -0.3 is 10.1 Å². The zero-order chi connectivity index (χ0) is 15.1. The zero-order valence-electron chi connectivity index (χ0n) is 12.5. The lowest BCUT2D eigenvalue weighted by molar-refractivity contribution is 0.404. The zero-order valence-corrected chi connectivity index (χ0v) is 14.1. The molecule has 21 heavy (non-hydrogen) atoms. The topological polar surface area (TPSA) is 34.2 Å². The normalized spacial score (nSPS) is 12.1. The molecule has 1 aromatic carbocycles. The van der Waals surface area contributed by atoms with Crippen molar-refractivity contribution in [3.8, 4) is 5.75 Å². The van der Waals surface area contributed by atoms with Crippen LogP contribution in [0.15, 0.2) is 47.1 Å². The van der Waals surface area contributed by atoms with Crippen LogP contribution in [0.3, 0.4) is 0 Å². The molecule has 0 radical (unpaired) electrons. The second-order valence-corrected chi connectivity index (χ2v) is 5.86. The lowest BCUT2D eigenvalue weighted by atomic mass is 10.0. The van der Waals surface area contributed by atoms with E-state index in [0.717, 1.165) is 35.3 Å². The number of rotatable bonds is 7. The van der Waals surface area contributed by atoms with Crippen LogP contribution in [-0.2, 0) is 12.8 Å².